The molecule has 0 amide bonds. The number of hydrogen-bond acceptors (Lipinski definition) is 5. The third-order valence-electron chi connectivity index (χ3n) is 5.98. The number of ether oxygens (including phenoxy) is 2. The van der Waals surface area contributed by atoms with Gasteiger partial charge in [0.1, 0.15) is 11.9 Å². The Balaban J connectivity index is 1.73. The Bertz CT molecular complexity index is 790. The summed E-state index contributed by atoms with van der Waals surface area (Å²) in [6, 6.07) is 6.13. The number of carbonyl (C=O) groups is 1. The molecule has 1 aliphatic heterocycles. The molecule has 1 heterocycles. The van der Waals surface area contributed by atoms with Gasteiger partial charge in [-0.15, -0.1) is 11.8 Å². The summed E-state index contributed by atoms with van der Waals surface area (Å²) in [7, 11) is 0. The van der Waals surface area contributed by atoms with Crippen molar-refractivity contribution in [2.24, 2.45) is 11.8 Å². The lowest BCUT2D eigenvalue weighted by atomic mass is 9.86. The van der Waals surface area contributed by atoms with Gasteiger partial charge in [0.2, 0.25) is 0 Å². The summed E-state index contributed by atoms with van der Waals surface area (Å²) in [5, 5.41) is 21.0. The SMILES string of the molecule is CC#CCC(C)[C@H](O)/C=C/[C@H]1[C@H](O)CC2Oc3c(CCCOC=O)cccc3[C@@H]21. The molecule has 29 heavy (non-hydrogen) atoms. The van der Waals surface area contributed by atoms with Crippen molar-refractivity contribution in [3.63, 3.8) is 0 Å². The largest absolute Gasteiger partial charge is 0.489 e. The van der Waals surface area contributed by atoms with Gasteiger partial charge in [-0.05, 0) is 31.2 Å². The number of carbonyl (C=O) groups excluding carboxylic acids is 1. The molecule has 2 N–H and O–H groups in total. The summed E-state index contributed by atoms with van der Waals surface area (Å²) in [6.45, 7) is 4.63. The van der Waals surface area contributed by atoms with Gasteiger partial charge in [-0.25, -0.2) is 0 Å². The molecule has 5 nitrogen and oxygen atoms in total. The summed E-state index contributed by atoms with van der Waals surface area (Å²) in [4.78, 5) is 10.3. The van der Waals surface area contributed by atoms with Gasteiger partial charge in [-0.1, -0.05) is 37.3 Å². The third kappa shape index (κ3) is 4.83. The van der Waals surface area contributed by atoms with Crippen molar-refractivity contribution in [3.05, 3.63) is 41.5 Å². The Morgan fingerprint density at radius 3 is 3.00 bits per heavy atom. The molecule has 1 saturated carbocycles. The van der Waals surface area contributed by atoms with E-state index in [1.54, 1.807) is 13.0 Å². The van der Waals surface area contributed by atoms with Crippen LogP contribution in [0.5, 0.6) is 5.75 Å². The van der Waals surface area contributed by atoms with Crippen LogP contribution in [0.4, 0.5) is 0 Å². The molecule has 1 aromatic rings. The Hall–Kier alpha value is -2.29. The second-order valence-corrected chi connectivity index (χ2v) is 7.95. The van der Waals surface area contributed by atoms with E-state index in [2.05, 4.69) is 17.9 Å². The first-order valence-electron chi connectivity index (χ1n) is 10.3. The van der Waals surface area contributed by atoms with E-state index in [1.165, 1.54) is 0 Å². The lowest BCUT2D eigenvalue weighted by Crippen LogP contribution is -2.19. The van der Waals surface area contributed by atoms with Crippen molar-refractivity contribution < 1.29 is 24.5 Å². The Kier molecular flexibility index (Phi) is 7.35. The average molecular weight is 398 g/mol. The van der Waals surface area contributed by atoms with E-state index in [9.17, 15) is 15.0 Å². The first-order chi connectivity index (χ1) is 14.1. The minimum absolute atomic E-state index is 0.0420. The van der Waals surface area contributed by atoms with E-state index >= 15 is 0 Å². The summed E-state index contributed by atoms with van der Waals surface area (Å²) >= 11 is 0. The first-order valence-corrected chi connectivity index (χ1v) is 10.3. The van der Waals surface area contributed by atoms with E-state index in [-0.39, 0.29) is 23.9 Å². The van der Waals surface area contributed by atoms with E-state index in [0.717, 1.165) is 29.7 Å². The van der Waals surface area contributed by atoms with Crippen LogP contribution in [0.2, 0.25) is 0 Å². The smallest absolute Gasteiger partial charge is 0.293 e. The van der Waals surface area contributed by atoms with Gasteiger partial charge in [0, 0.05) is 30.2 Å². The number of aliphatic hydroxyl groups excluding tert-OH is 2. The maximum Gasteiger partial charge on any atom is 0.293 e. The molecule has 1 fully saturated rings. The van der Waals surface area contributed by atoms with Gasteiger partial charge >= 0.3 is 0 Å². The van der Waals surface area contributed by atoms with Crippen LogP contribution in [0.3, 0.4) is 0 Å². The van der Waals surface area contributed by atoms with Gasteiger partial charge in [0.15, 0.2) is 0 Å². The Morgan fingerprint density at radius 1 is 1.41 bits per heavy atom. The van der Waals surface area contributed by atoms with Crippen LogP contribution in [-0.2, 0) is 16.0 Å². The highest BCUT2D eigenvalue weighted by molar-refractivity contribution is 5.49. The fourth-order valence-corrected chi connectivity index (χ4v) is 4.37. The molecular weight excluding hydrogens is 368 g/mol. The minimum Gasteiger partial charge on any atom is -0.489 e. The fourth-order valence-electron chi connectivity index (χ4n) is 4.37. The number of para-hydroxylation sites is 1. The quantitative estimate of drug-likeness (QED) is 0.289. The van der Waals surface area contributed by atoms with E-state index in [4.69, 9.17) is 9.47 Å². The second-order valence-electron chi connectivity index (χ2n) is 7.95. The van der Waals surface area contributed by atoms with Crippen LogP contribution in [0.1, 0.15) is 50.2 Å². The number of fused-ring (bicyclic) bond motifs is 3. The van der Waals surface area contributed by atoms with E-state index in [0.29, 0.717) is 25.9 Å². The number of aryl methyl sites for hydroxylation is 1. The summed E-state index contributed by atoms with van der Waals surface area (Å²) in [5.74, 6) is 6.81. The normalized spacial score (nSPS) is 26.8. The van der Waals surface area contributed by atoms with Gasteiger partial charge < -0.3 is 19.7 Å². The predicted molar refractivity (Wildman–Crippen MR) is 110 cm³/mol. The molecule has 0 saturated heterocycles. The third-order valence-corrected chi connectivity index (χ3v) is 5.98. The van der Waals surface area contributed by atoms with Crippen LogP contribution < -0.4 is 4.74 Å². The Morgan fingerprint density at radius 2 is 2.24 bits per heavy atom. The van der Waals surface area contributed by atoms with Crippen LogP contribution >= 0.6 is 0 Å². The molecule has 0 bridgehead atoms. The van der Waals surface area contributed by atoms with Crippen molar-refractivity contribution in [3.8, 4) is 17.6 Å². The number of benzene rings is 1. The molecule has 1 aliphatic carbocycles. The zero-order chi connectivity index (χ0) is 20.8. The maximum absolute atomic E-state index is 10.6. The highest BCUT2D eigenvalue weighted by Crippen LogP contribution is 2.52. The summed E-state index contributed by atoms with van der Waals surface area (Å²) in [5.41, 5.74) is 2.23. The van der Waals surface area contributed by atoms with Crippen LogP contribution in [-0.4, -0.2) is 41.6 Å². The molecule has 2 unspecified atom stereocenters. The van der Waals surface area contributed by atoms with Gasteiger partial charge in [-0.2, -0.15) is 0 Å². The molecular formula is C24H30O5. The fraction of sp³-hybridized carbons (Fsp3) is 0.542. The van der Waals surface area contributed by atoms with Crippen LogP contribution in [0.15, 0.2) is 30.4 Å². The van der Waals surface area contributed by atoms with E-state index in [1.807, 2.05) is 25.1 Å². The van der Waals surface area contributed by atoms with Gasteiger partial charge in [0.05, 0.1) is 18.8 Å². The summed E-state index contributed by atoms with van der Waals surface area (Å²) in [6.07, 6.45) is 5.36. The topological polar surface area (TPSA) is 76.0 Å². The number of aliphatic hydroxyl groups is 2. The van der Waals surface area contributed by atoms with Crippen LogP contribution in [0, 0.1) is 23.7 Å². The van der Waals surface area contributed by atoms with Crippen molar-refractivity contribution >= 4 is 6.47 Å². The lowest BCUT2D eigenvalue weighted by molar-refractivity contribution is -0.128. The lowest BCUT2D eigenvalue weighted by Gasteiger charge is -2.19. The van der Waals surface area contributed by atoms with Crippen molar-refractivity contribution in [1.82, 2.24) is 0 Å². The second kappa shape index (κ2) is 9.96. The predicted octanol–water partition coefficient (Wildman–Crippen LogP) is 2.98. The maximum atomic E-state index is 10.6. The van der Waals surface area contributed by atoms with E-state index < -0.39 is 12.2 Å². The van der Waals surface area contributed by atoms with Crippen molar-refractivity contribution in [2.45, 2.75) is 63.8 Å². The molecule has 1 aromatic carbocycles. The number of rotatable bonds is 9. The Labute approximate surface area is 172 Å². The molecule has 0 aromatic heterocycles. The zero-order valence-corrected chi connectivity index (χ0v) is 17.1. The molecule has 2 aliphatic rings. The summed E-state index contributed by atoms with van der Waals surface area (Å²) < 4.78 is 11.0. The van der Waals surface area contributed by atoms with Gasteiger partial charge in [0.25, 0.3) is 6.47 Å². The molecule has 0 radical (unpaired) electrons. The average Bonchev–Trinajstić information content (AvgIpc) is 3.22. The molecule has 0 spiro atoms. The van der Waals surface area contributed by atoms with Gasteiger partial charge in [-0.3, -0.25) is 4.79 Å². The highest BCUT2D eigenvalue weighted by Gasteiger charge is 2.48. The number of hydrogen-bond donors (Lipinski definition) is 2. The zero-order valence-electron chi connectivity index (χ0n) is 17.1. The molecule has 156 valence electrons. The van der Waals surface area contributed by atoms with Crippen molar-refractivity contribution in [1.29, 1.82) is 0 Å². The standard InChI is InChI=1S/C24H30O5/c1-3-4-7-16(2)20(26)12-11-18-21(27)14-22-23(18)19-10-5-8-17(24(19)29-22)9-6-13-28-15-25/h5,8,10-12,15-16,18,20-23,26-27H,6-7,9,13-14H2,1-2H3/b12-11+/t16?,18-,20+,21+,22?,23-/m0/s1. The van der Waals surface area contributed by atoms with Crippen molar-refractivity contribution in [2.75, 3.05) is 6.61 Å². The molecule has 6 atom stereocenters. The molecule has 5 heteroatoms. The monoisotopic (exact) mass is 398 g/mol. The minimum atomic E-state index is -0.590. The highest BCUT2D eigenvalue weighted by atomic mass is 16.5. The van der Waals surface area contributed by atoms with Crippen LogP contribution in [0.25, 0.3) is 0 Å². The molecule has 3 rings (SSSR count). The first kappa shape index (κ1) is 21.4.